The van der Waals surface area contributed by atoms with E-state index in [9.17, 15) is 9.18 Å². The fourth-order valence-electron chi connectivity index (χ4n) is 8.04. The number of methoxy groups -OCH3 is 1. The minimum atomic E-state index is -1.11. The first-order valence-electron chi connectivity index (χ1n) is 14.7. The van der Waals surface area contributed by atoms with Gasteiger partial charge in [-0.3, -0.25) is 4.79 Å². The monoisotopic (exact) mass is 562 g/mol. The molecule has 40 heavy (non-hydrogen) atoms. The SMILES string of the molecule is COCc1nc(-c2cccc(N(CC34CCC(c5nc(C6CC6)no5)(CC3)CC4)C(=O)C34CC(F)(C3)C4)c2)cs1. The van der Waals surface area contributed by atoms with E-state index in [2.05, 4.69) is 11.2 Å². The van der Waals surface area contributed by atoms with Crippen molar-refractivity contribution in [3.8, 4) is 11.3 Å². The van der Waals surface area contributed by atoms with Crippen LogP contribution in [0.5, 0.6) is 0 Å². The van der Waals surface area contributed by atoms with Crippen LogP contribution in [0, 0.1) is 10.8 Å². The molecule has 0 radical (unpaired) electrons. The first kappa shape index (κ1) is 25.1. The Bertz CT molecular complexity index is 1430. The van der Waals surface area contributed by atoms with Gasteiger partial charge < -0.3 is 14.2 Å². The third-order valence-corrected chi connectivity index (χ3v) is 11.5. The second-order valence-corrected chi connectivity index (χ2v) is 14.4. The summed E-state index contributed by atoms with van der Waals surface area (Å²) in [5, 5.41) is 7.28. The Labute approximate surface area is 237 Å². The summed E-state index contributed by atoms with van der Waals surface area (Å²) < 4.78 is 25.6. The molecular formula is C31H35FN4O3S. The largest absolute Gasteiger partial charge is 0.378 e. The van der Waals surface area contributed by atoms with Gasteiger partial charge in [0.05, 0.1) is 17.7 Å². The fraction of sp³-hybridized carbons (Fsp3) is 0.613. The molecule has 10 rings (SSSR count). The number of halogens is 1. The fourth-order valence-corrected chi connectivity index (χ4v) is 8.81. The molecule has 4 bridgehead atoms. The van der Waals surface area contributed by atoms with Gasteiger partial charge in [0.25, 0.3) is 0 Å². The Kier molecular flexibility index (Phi) is 5.44. The summed E-state index contributed by atoms with van der Waals surface area (Å²) in [6.45, 7) is 1.16. The van der Waals surface area contributed by atoms with Crippen LogP contribution in [0.15, 0.2) is 34.2 Å². The van der Waals surface area contributed by atoms with Gasteiger partial charge in [0.2, 0.25) is 11.8 Å². The van der Waals surface area contributed by atoms with Crippen LogP contribution in [-0.2, 0) is 21.6 Å². The lowest BCUT2D eigenvalue weighted by atomic mass is 9.41. The van der Waals surface area contributed by atoms with E-state index < -0.39 is 11.1 Å². The third-order valence-electron chi connectivity index (χ3n) is 10.7. The number of fused-ring (bicyclic) bond motifs is 3. The van der Waals surface area contributed by atoms with Gasteiger partial charge >= 0.3 is 0 Å². The number of rotatable bonds is 9. The highest BCUT2D eigenvalue weighted by Gasteiger charge is 2.73. The molecule has 2 aromatic heterocycles. The number of ether oxygens (including phenoxy) is 1. The molecular weight excluding hydrogens is 527 g/mol. The predicted molar refractivity (Wildman–Crippen MR) is 149 cm³/mol. The van der Waals surface area contributed by atoms with E-state index in [1.165, 1.54) is 12.8 Å². The van der Waals surface area contributed by atoms with Crippen LogP contribution in [-0.4, -0.2) is 40.4 Å². The van der Waals surface area contributed by atoms with Crippen molar-refractivity contribution in [1.29, 1.82) is 0 Å². The van der Waals surface area contributed by atoms with Crippen LogP contribution in [0.1, 0.15) is 93.3 Å². The molecule has 0 unspecified atom stereocenters. The Morgan fingerprint density at radius 2 is 1.88 bits per heavy atom. The predicted octanol–water partition coefficient (Wildman–Crippen LogP) is 6.73. The van der Waals surface area contributed by atoms with Crippen molar-refractivity contribution in [2.75, 3.05) is 18.6 Å². The van der Waals surface area contributed by atoms with Gasteiger partial charge in [0.1, 0.15) is 10.7 Å². The number of amides is 1. The molecule has 0 aliphatic heterocycles. The number of carbonyl (C=O) groups excluding carboxylic acids is 1. The van der Waals surface area contributed by atoms with E-state index in [1.54, 1.807) is 18.4 Å². The smallest absolute Gasteiger partial charge is 0.233 e. The van der Waals surface area contributed by atoms with Crippen LogP contribution in [0.4, 0.5) is 10.1 Å². The number of thiazole rings is 1. The summed E-state index contributed by atoms with van der Waals surface area (Å²) in [5.74, 6) is 2.32. The number of anilines is 1. The third kappa shape index (κ3) is 3.91. The van der Waals surface area contributed by atoms with Crippen molar-refractivity contribution >= 4 is 22.9 Å². The van der Waals surface area contributed by atoms with Gasteiger partial charge in [0.15, 0.2) is 5.82 Å². The number of alkyl halides is 1. The van der Waals surface area contributed by atoms with Gasteiger partial charge in [-0.1, -0.05) is 17.3 Å². The summed E-state index contributed by atoms with van der Waals surface area (Å²) in [4.78, 5) is 25.8. The standard InChI is InChI=1S/C31H35FN4O3S/c1-38-14-24-33-23(15-40-24)21-3-2-4-22(13-21)36(27(37)30-16-31(32,17-30)18-30)19-28-7-10-29(11-8-28,12-9-28)26-34-25(35-39-26)20-5-6-20/h2-4,13,15,20H,5-12,14,16-19H2,1H3. The first-order valence-corrected chi connectivity index (χ1v) is 15.6. The van der Waals surface area contributed by atoms with Crippen molar-refractivity contribution in [3.63, 3.8) is 0 Å². The summed E-state index contributed by atoms with van der Waals surface area (Å²) in [6, 6.07) is 8.18. The topological polar surface area (TPSA) is 81.3 Å². The van der Waals surface area contributed by atoms with Crippen LogP contribution in [0.2, 0.25) is 0 Å². The highest BCUT2D eigenvalue weighted by molar-refractivity contribution is 7.09. The van der Waals surface area contributed by atoms with Gasteiger partial charge in [-0.15, -0.1) is 11.3 Å². The van der Waals surface area contributed by atoms with E-state index in [1.807, 2.05) is 28.5 Å². The molecule has 7 saturated carbocycles. The Morgan fingerprint density at radius 1 is 1.12 bits per heavy atom. The van der Waals surface area contributed by atoms with Gasteiger partial charge in [-0.25, -0.2) is 9.37 Å². The molecule has 2 heterocycles. The Morgan fingerprint density at radius 3 is 2.55 bits per heavy atom. The molecule has 1 aromatic carbocycles. The van der Waals surface area contributed by atoms with E-state index in [0.29, 0.717) is 38.3 Å². The molecule has 9 heteroatoms. The molecule has 7 aliphatic carbocycles. The highest BCUT2D eigenvalue weighted by atomic mass is 32.1. The summed E-state index contributed by atoms with van der Waals surface area (Å²) in [5.41, 5.74) is 1.17. The lowest BCUT2D eigenvalue weighted by Crippen LogP contribution is -2.71. The number of benzene rings is 1. The Hall–Kier alpha value is -2.65. The maximum Gasteiger partial charge on any atom is 0.233 e. The van der Waals surface area contributed by atoms with Crippen LogP contribution >= 0.6 is 11.3 Å². The van der Waals surface area contributed by atoms with E-state index in [4.69, 9.17) is 19.2 Å². The van der Waals surface area contributed by atoms with Crippen molar-refractivity contribution in [3.05, 3.63) is 46.4 Å². The van der Waals surface area contributed by atoms with Crippen molar-refractivity contribution in [1.82, 2.24) is 15.1 Å². The molecule has 0 N–H and O–H groups in total. The number of carbonyl (C=O) groups is 1. The summed E-state index contributed by atoms with van der Waals surface area (Å²) in [7, 11) is 1.67. The zero-order valence-electron chi connectivity index (χ0n) is 23.0. The molecule has 0 atom stereocenters. The molecule has 0 spiro atoms. The minimum Gasteiger partial charge on any atom is -0.378 e. The van der Waals surface area contributed by atoms with E-state index in [-0.39, 0.29) is 16.7 Å². The maximum atomic E-state index is 14.6. The van der Waals surface area contributed by atoms with Crippen molar-refractivity contribution in [2.45, 2.75) is 94.2 Å². The second-order valence-electron chi connectivity index (χ2n) is 13.5. The molecule has 7 fully saturated rings. The molecule has 3 aromatic rings. The molecule has 210 valence electrons. The molecule has 7 nitrogen and oxygen atoms in total. The molecule has 1 amide bonds. The van der Waals surface area contributed by atoms with Crippen molar-refractivity contribution < 1.29 is 18.4 Å². The van der Waals surface area contributed by atoms with E-state index >= 15 is 0 Å². The lowest BCUT2D eigenvalue weighted by Gasteiger charge is -2.65. The quantitative estimate of drug-likeness (QED) is 0.288. The van der Waals surface area contributed by atoms with Crippen molar-refractivity contribution in [2.24, 2.45) is 10.8 Å². The molecule has 0 saturated heterocycles. The summed E-state index contributed by atoms with van der Waals surface area (Å²) in [6.07, 6.45) is 9.60. The van der Waals surface area contributed by atoms with Gasteiger partial charge in [0, 0.05) is 41.6 Å². The summed E-state index contributed by atoms with van der Waals surface area (Å²) >= 11 is 1.58. The van der Waals surface area contributed by atoms with Gasteiger partial charge in [-0.2, -0.15) is 4.98 Å². The normalized spacial score (nSPS) is 33.9. The number of aromatic nitrogens is 3. The van der Waals surface area contributed by atoms with E-state index in [0.717, 1.165) is 72.2 Å². The second kappa shape index (κ2) is 8.68. The zero-order chi connectivity index (χ0) is 27.2. The number of nitrogens with zero attached hydrogens (tertiary/aromatic N) is 4. The Balaban J connectivity index is 1.06. The molecule has 7 aliphatic rings. The van der Waals surface area contributed by atoms with Crippen LogP contribution in [0.3, 0.4) is 0 Å². The highest BCUT2D eigenvalue weighted by Crippen LogP contribution is 2.70. The average molecular weight is 563 g/mol. The first-order chi connectivity index (χ1) is 19.3. The number of hydrogen-bond donors (Lipinski definition) is 0. The zero-order valence-corrected chi connectivity index (χ0v) is 23.8. The maximum absolute atomic E-state index is 14.6. The average Bonchev–Trinajstić information content (AvgIpc) is 3.47. The van der Waals surface area contributed by atoms with Crippen LogP contribution in [0.25, 0.3) is 11.3 Å². The minimum absolute atomic E-state index is 0.0182. The van der Waals surface area contributed by atoms with Crippen LogP contribution < -0.4 is 4.90 Å². The number of hydrogen-bond acceptors (Lipinski definition) is 7. The van der Waals surface area contributed by atoms with Gasteiger partial charge in [-0.05, 0) is 88.2 Å². The lowest BCUT2D eigenvalue weighted by molar-refractivity contribution is -0.211.